The SMILES string of the molecule is Cc1ncsc1CN1C[C@@H](c2cccnc2)[C@@]2(C1)OCCN(Cc1ccsc1)C2=O. The maximum absolute atomic E-state index is 13.8. The summed E-state index contributed by atoms with van der Waals surface area (Å²) in [5.41, 5.74) is 4.33. The molecular formula is C22H24N4O2S2. The second-order valence-corrected chi connectivity index (χ2v) is 9.69. The second kappa shape index (κ2) is 8.19. The summed E-state index contributed by atoms with van der Waals surface area (Å²) in [5, 5.41) is 4.17. The highest BCUT2D eigenvalue weighted by atomic mass is 32.1. The van der Waals surface area contributed by atoms with E-state index < -0.39 is 5.60 Å². The van der Waals surface area contributed by atoms with Crippen LogP contribution in [0.25, 0.3) is 0 Å². The van der Waals surface area contributed by atoms with Crippen LogP contribution in [0.5, 0.6) is 0 Å². The number of hydrogen-bond donors (Lipinski definition) is 0. The van der Waals surface area contributed by atoms with E-state index in [4.69, 9.17) is 4.74 Å². The molecule has 3 aromatic rings. The van der Waals surface area contributed by atoms with Crippen molar-refractivity contribution >= 4 is 28.6 Å². The molecule has 0 radical (unpaired) electrons. The van der Waals surface area contributed by atoms with E-state index in [9.17, 15) is 4.79 Å². The Morgan fingerprint density at radius 1 is 1.33 bits per heavy atom. The molecule has 2 aliphatic heterocycles. The van der Waals surface area contributed by atoms with Gasteiger partial charge in [-0.2, -0.15) is 11.3 Å². The fraction of sp³-hybridized carbons (Fsp3) is 0.409. The molecule has 3 aromatic heterocycles. The van der Waals surface area contributed by atoms with Crippen LogP contribution in [0.4, 0.5) is 0 Å². The first-order valence-corrected chi connectivity index (χ1v) is 11.9. The normalized spacial score (nSPS) is 24.8. The molecule has 5 rings (SSSR count). The quantitative estimate of drug-likeness (QED) is 0.609. The lowest BCUT2D eigenvalue weighted by molar-refractivity contribution is -0.173. The number of carbonyl (C=O) groups excluding carboxylic acids is 1. The Morgan fingerprint density at radius 2 is 2.27 bits per heavy atom. The number of nitrogens with zero attached hydrogens (tertiary/aromatic N) is 4. The average Bonchev–Trinajstić information content (AvgIpc) is 3.49. The predicted molar refractivity (Wildman–Crippen MR) is 118 cm³/mol. The average molecular weight is 441 g/mol. The van der Waals surface area contributed by atoms with Crippen molar-refractivity contribution in [3.05, 3.63) is 68.6 Å². The summed E-state index contributed by atoms with van der Waals surface area (Å²) in [5.74, 6) is 0.0505. The van der Waals surface area contributed by atoms with E-state index in [1.54, 1.807) is 28.9 Å². The van der Waals surface area contributed by atoms with Crippen molar-refractivity contribution in [2.24, 2.45) is 0 Å². The molecule has 0 bridgehead atoms. The number of likely N-dealkylation sites (tertiary alicyclic amines) is 1. The molecule has 8 heteroatoms. The van der Waals surface area contributed by atoms with E-state index in [-0.39, 0.29) is 11.8 Å². The summed E-state index contributed by atoms with van der Waals surface area (Å²) in [6.07, 6.45) is 3.65. The maximum atomic E-state index is 13.8. The minimum atomic E-state index is -0.865. The van der Waals surface area contributed by atoms with Crippen LogP contribution in [0.3, 0.4) is 0 Å². The number of amides is 1. The van der Waals surface area contributed by atoms with Crippen LogP contribution in [0.1, 0.15) is 27.6 Å². The Hall–Kier alpha value is -2.13. The molecule has 156 valence electrons. The summed E-state index contributed by atoms with van der Waals surface area (Å²) in [4.78, 5) is 28.1. The summed E-state index contributed by atoms with van der Waals surface area (Å²) >= 11 is 3.34. The number of aromatic nitrogens is 2. The lowest BCUT2D eigenvalue weighted by atomic mass is 9.83. The molecule has 2 fully saturated rings. The van der Waals surface area contributed by atoms with Gasteiger partial charge in [-0.3, -0.25) is 14.7 Å². The van der Waals surface area contributed by atoms with Gasteiger partial charge < -0.3 is 9.64 Å². The van der Waals surface area contributed by atoms with E-state index in [0.717, 1.165) is 24.3 Å². The molecule has 0 N–H and O–H groups in total. The molecule has 2 atom stereocenters. The fourth-order valence-corrected chi connectivity index (χ4v) is 6.03. The van der Waals surface area contributed by atoms with Crippen molar-refractivity contribution in [3.8, 4) is 0 Å². The third-order valence-corrected chi connectivity index (χ3v) is 7.74. The number of aryl methyl sites for hydroxylation is 1. The van der Waals surface area contributed by atoms with E-state index in [0.29, 0.717) is 26.2 Å². The van der Waals surface area contributed by atoms with Crippen molar-refractivity contribution in [2.75, 3.05) is 26.2 Å². The smallest absolute Gasteiger partial charge is 0.257 e. The van der Waals surface area contributed by atoms with Gasteiger partial charge >= 0.3 is 0 Å². The molecule has 6 nitrogen and oxygen atoms in total. The van der Waals surface area contributed by atoms with Crippen molar-refractivity contribution < 1.29 is 9.53 Å². The Labute approximate surface area is 184 Å². The Bertz CT molecular complexity index is 1010. The molecule has 0 aromatic carbocycles. The third kappa shape index (κ3) is 3.58. The molecule has 1 spiro atoms. The zero-order valence-electron chi connectivity index (χ0n) is 16.9. The summed E-state index contributed by atoms with van der Waals surface area (Å²) in [6.45, 7) is 6.01. The van der Waals surface area contributed by atoms with Crippen molar-refractivity contribution in [1.82, 2.24) is 19.8 Å². The Balaban J connectivity index is 1.46. The number of rotatable bonds is 5. The Kier molecular flexibility index (Phi) is 5.41. The van der Waals surface area contributed by atoms with Crippen LogP contribution in [-0.4, -0.2) is 57.5 Å². The van der Waals surface area contributed by atoms with Gasteiger partial charge in [-0.05, 0) is 40.9 Å². The molecular weight excluding hydrogens is 416 g/mol. The van der Waals surface area contributed by atoms with Crippen molar-refractivity contribution in [2.45, 2.75) is 31.5 Å². The highest BCUT2D eigenvalue weighted by Gasteiger charge is 2.57. The number of thiophene rings is 1. The number of thiazole rings is 1. The zero-order chi connectivity index (χ0) is 20.6. The largest absolute Gasteiger partial charge is 0.361 e. The van der Waals surface area contributed by atoms with Crippen LogP contribution < -0.4 is 0 Å². The van der Waals surface area contributed by atoms with Crippen LogP contribution >= 0.6 is 22.7 Å². The molecule has 0 saturated carbocycles. The first kappa shape index (κ1) is 19.8. The number of carbonyl (C=O) groups is 1. The minimum absolute atomic E-state index is 0.0443. The standard InChI is InChI=1S/C22H24N4O2S2/c1-16-20(30-15-24-16)12-25-11-19(18-3-2-5-23-9-18)22(14-25)21(27)26(6-7-28-22)10-17-4-8-29-13-17/h2-5,8-9,13,15,19H,6-7,10-12,14H2,1H3/t19-,22+/m0/s1. The van der Waals surface area contributed by atoms with Crippen LogP contribution in [0, 0.1) is 6.92 Å². The molecule has 5 heterocycles. The first-order chi connectivity index (χ1) is 14.7. The van der Waals surface area contributed by atoms with Crippen molar-refractivity contribution in [3.63, 3.8) is 0 Å². The Morgan fingerprint density at radius 3 is 3.00 bits per heavy atom. The van der Waals surface area contributed by atoms with Gasteiger partial charge in [0.05, 0.1) is 17.8 Å². The highest BCUT2D eigenvalue weighted by molar-refractivity contribution is 7.09. The van der Waals surface area contributed by atoms with Crippen LogP contribution in [0.2, 0.25) is 0 Å². The molecule has 1 amide bonds. The van der Waals surface area contributed by atoms with Gasteiger partial charge in [0.1, 0.15) is 0 Å². The van der Waals surface area contributed by atoms with Gasteiger partial charge in [0.25, 0.3) is 5.91 Å². The van der Waals surface area contributed by atoms with Gasteiger partial charge in [-0.25, -0.2) is 4.98 Å². The fourth-order valence-electron chi connectivity index (χ4n) is 4.56. The van der Waals surface area contributed by atoms with E-state index in [1.165, 1.54) is 10.4 Å². The van der Waals surface area contributed by atoms with Gasteiger partial charge in [0.15, 0.2) is 5.60 Å². The number of hydrogen-bond acceptors (Lipinski definition) is 7. The molecule has 0 aliphatic carbocycles. The van der Waals surface area contributed by atoms with E-state index >= 15 is 0 Å². The van der Waals surface area contributed by atoms with Gasteiger partial charge in [0, 0.05) is 55.9 Å². The lowest BCUT2D eigenvalue weighted by Crippen LogP contribution is -2.59. The number of pyridine rings is 1. The first-order valence-electron chi connectivity index (χ1n) is 10.1. The number of morpholine rings is 1. The minimum Gasteiger partial charge on any atom is -0.361 e. The zero-order valence-corrected chi connectivity index (χ0v) is 18.5. The third-order valence-electron chi connectivity index (χ3n) is 6.08. The van der Waals surface area contributed by atoms with Gasteiger partial charge in [0.2, 0.25) is 0 Å². The molecule has 0 unspecified atom stereocenters. The van der Waals surface area contributed by atoms with Gasteiger partial charge in [-0.1, -0.05) is 6.07 Å². The number of ether oxygens (including phenoxy) is 1. The second-order valence-electron chi connectivity index (χ2n) is 7.97. The summed E-state index contributed by atoms with van der Waals surface area (Å²) in [6, 6.07) is 6.09. The summed E-state index contributed by atoms with van der Waals surface area (Å²) < 4.78 is 6.36. The lowest BCUT2D eigenvalue weighted by Gasteiger charge is -2.42. The summed E-state index contributed by atoms with van der Waals surface area (Å²) in [7, 11) is 0. The van der Waals surface area contributed by atoms with Crippen molar-refractivity contribution in [1.29, 1.82) is 0 Å². The monoisotopic (exact) mass is 440 g/mol. The topological polar surface area (TPSA) is 58.6 Å². The molecule has 30 heavy (non-hydrogen) atoms. The predicted octanol–water partition coefficient (Wildman–Crippen LogP) is 3.31. The van der Waals surface area contributed by atoms with Crippen LogP contribution in [-0.2, 0) is 22.6 Å². The van der Waals surface area contributed by atoms with Gasteiger partial charge in [-0.15, -0.1) is 11.3 Å². The van der Waals surface area contributed by atoms with Crippen LogP contribution in [0.15, 0.2) is 46.9 Å². The highest BCUT2D eigenvalue weighted by Crippen LogP contribution is 2.42. The molecule has 2 saturated heterocycles. The van der Waals surface area contributed by atoms with E-state index in [2.05, 4.69) is 37.8 Å². The molecule has 2 aliphatic rings. The van der Waals surface area contributed by atoms with E-state index in [1.807, 2.05) is 29.6 Å². The maximum Gasteiger partial charge on any atom is 0.257 e.